The molecule has 0 aliphatic carbocycles. The summed E-state index contributed by atoms with van der Waals surface area (Å²) in [7, 11) is 0. The number of piperazine rings is 1. The minimum atomic E-state index is -0.187. The van der Waals surface area contributed by atoms with Crippen molar-refractivity contribution in [1.29, 1.82) is 0 Å². The number of nitrogens with zero attached hydrogens (tertiary/aromatic N) is 2. The summed E-state index contributed by atoms with van der Waals surface area (Å²) in [5.41, 5.74) is 5.22. The van der Waals surface area contributed by atoms with Crippen LogP contribution in [0.5, 0.6) is 0 Å². The first-order valence-corrected chi connectivity index (χ1v) is 5.12. The lowest BCUT2D eigenvalue weighted by atomic mass is 10.3. The Balaban J connectivity index is 2.34. The number of hydrogen-bond acceptors (Lipinski definition) is 3. The summed E-state index contributed by atoms with van der Waals surface area (Å²) >= 11 is 4.60. The lowest BCUT2D eigenvalue weighted by Crippen LogP contribution is -2.53. The van der Waals surface area contributed by atoms with Crippen molar-refractivity contribution in [3.63, 3.8) is 0 Å². The Morgan fingerprint density at radius 2 is 2.00 bits per heavy atom. The number of likely N-dealkylation sites (N-methyl/N-ethyl adjacent to an activating group) is 1. The Morgan fingerprint density at radius 1 is 1.43 bits per heavy atom. The molecule has 5 nitrogen and oxygen atoms in total. The average molecular weight is 216 g/mol. The molecule has 2 amide bonds. The molecule has 14 heavy (non-hydrogen) atoms. The fourth-order valence-corrected chi connectivity index (χ4v) is 1.54. The maximum Gasteiger partial charge on any atom is 0.323 e. The number of carbonyl (C=O) groups is 1. The third-order valence-electron chi connectivity index (χ3n) is 2.34. The molecule has 1 saturated heterocycles. The normalized spacial score (nSPS) is 17.9. The molecule has 0 unspecified atom stereocenters. The molecule has 1 rings (SSSR count). The van der Waals surface area contributed by atoms with Gasteiger partial charge in [-0.1, -0.05) is 6.92 Å². The van der Waals surface area contributed by atoms with E-state index in [4.69, 9.17) is 5.73 Å². The molecule has 80 valence electrons. The standard InChI is InChI=1S/C8H16N4OS/c1-2-11-3-5-12(6-4-11)8(13)10-7(9)14/h2-6H2,1H3,(H3,9,10,13,14). The van der Waals surface area contributed by atoms with Crippen molar-refractivity contribution in [1.82, 2.24) is 15.1 Å². The third kappa shape index (κ3) is 3.12. The Morgan fingerprint density at radius 3 is 2.43 bits per heavy atom. The Hall–Kier alpha value is -0.880. The van der Waals surface area contributed by atoms with Gasteiger partial charge < -0.3 is 15.5 Å². The molecule has 6 heteroatoms. The number of nitrogens with two attached hydrogens (primary N) is 1. The van der Waals surface area contributed by atoms with E-state index >= 15 is 0 Å². The van der Waals surface area contributed by atoms with Crippen molar-refractivity contribution in [3.8, 4) is 0 Å². The number of urea groups is 1. The van der Waals surface area contributed by atoms with Crippen LogP contribution in [0, 0.1) is 0 Å². The number of nitrogens with one attached hydrogen (secondary N) is 1. The molecule has 0 bridgehead atoms. The van der Waals surface area contributed by atoms with Gasteiger partial charge in [0.2, 0.25) is 0 Å². The van der Waals surface area contributed by atoms with Gasteiger partial charge in [-0.25, -0.2) is 4.79 Å². The highest BCUT2D eigenvalue weighted by molar-refractivity contribution is 7.80. The second-order valence-corrected chi connectivity index (χ2v) is 3.66. The van der Waals surface area contributed by atoms with Crippen LogP contribution in [0.1, 0.15) is 6.92 Å². The molecule has 0 radical (unpaired) electrons. The molecule has 0 aromatic rings. The fourth-order valence-electron chi connectivity index (χ4n) is 1.45. The van der Waals surface area contributed by atoms with E-state index in [9.17, 15) is 4.79 Å². The highest BCUT2D eigenvalue weighted by Crippen LogP contribution is 2.00. The van der Waals surface area contributed by atoms with Gasteiger partial charge in [-0.05, 0) is 18.8 Å². The van der Waals surface area contributed by atoms with Crippen LogP contribution < -0.4 is 11.1 Å². The van der Waals surface area contributed by atoms with Gasteiger partial charge in [0.25, 0.3) is 0 Å². The van der Waals surface area contributed by atoms with Crippen molar-refractivity contribution < 1.29 is 4.79 Å². The predicted molar refractivity (Wildman–Crippen MR) is 59.0 cm³/mol. The fraction of sp³-hybridized carbons (Fsp3) is 0.750. The van der Waals surface area contributed by atoms with Gasteiger partial charge >= 0.3 is 6.03 Å². The van der Waals surface area contributed by atoms with Crippen LogP contribution in [-0.4, -0.2) is 53.7 Å². The Labute approximate surface area is 89.2 Å². The molecule has 0 spiro atoms. The van der Waals surface area contributed by atoms with E-state index in [-0.39, 0.29) is 11.1 Å². The molecule has 0 saturated carbocycles. The summed E-state index contributed by atoms with van der Waals surface area (Å²) in [5, 5.41) is 2.46. The zero-order valence-electron chi connectivity index (χ0n) is 8.32. The molecule has 0 atom stereocenters. The van der Waals surface area contributed by atoms with Crippen molar-refractivity contribution in [2.24, 2.45) is 5.73 Å². The van der Waals surface area contributed by atoms with E-state index in [1.54, 1.807) is 4.90 Å². The predicted octanol–water partition coefficient (Wildman–Crippen LogP) is -0.423. The molecule has 1 fully saturated rings. The van der Waals surface area contributed by atoms with Crippen molar-refractivity contribution in [2.75, 3.05) is 32.7 Å². The van der Waals surface area contributed by atoms with Crippen LogP contribution in [0.15, 0.2) is 0 Å². The molecule has 0 aromatic carbocycles. The van der Waals surface area contributed by atoms with Gasteiger partial charge in [0.1, 0.15) is 0 Å². The van der Waals surface area contributed by atoms with Crippen molar-refractivity contribution in [3.05, 3.63) is 0 Å². The van der Waals surface area contributed by atoms with E-state index in [1.165, 1.54) is 0 Å². The van der Waals surface area contributed by atoms with Gasteiger partial charge in [-0.3, -0.25) is 5.32 Å². The first-order chi connectivity index (χ1) is 6.63. The summed E-state index contributed by atoms with van der Waals surface area (Å²) < 4.78 is 0. The van der Waals surface area contributed by atoms with Crippen LogP contribution in [0.2, 0.25) is 0 Å². The van der Waals surface area contributed by atoms with Gasteiger partial charge in [-0.2, -0.15) is 0 Å². The van der Waals surface area contributed by atoms with Crippen LogP contribution in [0.25, 0.3) is 0 Å². The van der Waals surface area contributed by atoms with E-state index in [0.29, 0.717) is 0 Å². The minimum Gasteiger partial charge on any atom is -0.376 e. The van der Waals surface area contributed by atoms with Gasteiger partial charge in [0, 0.05) is 26.2 Å². The van der Waals surface area contributed by atoms with Crippen molar-refractivity contribution in [2.45, 2.75) is 6.92 Å². The highest BCUT2D eigenvalue weighted by Gasteiger charge is 2.19. The van der Waals surface area contributed by atoms with E-state index < -0.39 is 0 Å². The lowest BCUT2D eigenvalue weighted by Gasteiger charge is -2.33. The maximum atomic E-state index is 11.4. The zero-order valence-corrected chi connectivity index (χ0v) is 9.14. The molecule has 1 heterocycles. The van der Waals surface area contributed by atoms with Gasteiger partial charge in [-0.15, -0.1) is 0 Å². The summed E-state index contributed by atoms with van der Waals surface area (Å²) in [6.45, 7) is 6.46. The summed E-state index contributed by atoms with van der Waals surface area (Å²) in [6.07, 6.45) is 0. The molecule has 3 N–H and O–H groups in total. The van der Waals surface area contributed by atoms with Crippen LogP contribution in [-0.2, 0) is 0 Å². The first-order valence-electron chi connectivity index (χ1n) is 4.71. The largest absolute Gasteiger partial charge is 0.376 e. The van der Waals surface area contributed by atoms with Crippen LogP contribution in [0.4, 0.5) is 4.79 Å². The maximum absolute atomic E-state index is 11.4. The molecule has 1 aliphatic rings. The SMILES string of the molecule is CCN1CCN(C(=O)NC(N)=S)CC1. The summed E-state index contributed by atoms with van der Waals surface area (Å²) in [4.78, 5) is 15.5. The number of thiocarbonyl (C=S) groups is 1. The zero-order chi connectivity index (χ0) is 10.6. The molecule has 1 aliphatic heterocycles. The van der Waals surface area contributed by atoms with Gasteiger partial charge in [0.15, 0.2) is 5.11 Å². The minimum absolute atomic E-state index is 0.0351. The van der Waals surface area contributed by atoms with E-state index in [0.717, 1.165) is 32.7 Å². The highest BCUT2D eigenvalue weighted by atomic mass is 32.1. The number of rotatable bonds is 1. The first kappa shape index (κ1) is 11.2. The summed E-state index contributed by atoms with van der Waals surface area (Å²) in [5.74, 6) is 0. The Kier molecular flexibility index (Phi) is 4.09. The average Bonchev–Trinajstić information content (AvgIpc) is 2.17. The second-order valence-electron chi connectivity index (χ2n) is 3.22. The Bertz CT molecular complexity index is 225. The van der Waals surface area contributed by atoms with Crippen molar-refractivity contribution >= 4 is 23.4 Å². The van der Waals surface area contributed by atoms with E-state index in [1.807, 2.05) is 0 Å². The second kappa shape index (κ2) is 5.11. The van der Waals surface area contributed by atoms with Crippen LogP contribution in [0.3, 0.4) is 0 Å². The number of hydrogen-bond donors (Lipinski definition) is 2. The quantitative estimate of drug-likeness (QED) is 0.584. The third-order valence-corrected chi connectivity index (χ3v) is 2.44. The summed E-state index contributed by atoms with van der Waals surface area (Å²) in [6, 6.07) is -0.187. The molecular formula is C8H16N4OS. The monoisotopic (exact) mass is 216 g/mol. The molecular weight excluding hydrogens is 200 g/mol. The molecule has 0 aromatic heterocycles. The van der Waals surface area contributed by atoms with Crippen LogP contribution >= 0.6 is 12.2 Å². The topological polar surface area (TPSA) is 61.6 Å². The van der Waals surface area contributed by atoms with E-state index in [2.05, 4.69) is 29.4 Å². The number of carbonyl (C=O) groups excluding carboxylic acids is 1. The lowest BCUT2D eigenvalue weighted by molar-refractivity contribution is 0.146. The van der Waals surface area contributed by atoms with Gasteiger partial charge in [0.05, 0.1) is 0 Å². The number of amides is 2. The smallest absolute Gasteiger partial charge is 0.323 e.